The number of halogens is 1. The number of carbonyl (C=O) groups is 3. The third-order valence-corrected chi connectivity index (χ3v) is 8.75. The summed E-state index contributed by atoms with van der Waals surface area (Å²) in [5.41, 5.74) is 2.61. The Labute approximate surface area is 272 Å². The molecule has 3 N–H and O–H groups in total. The molecule has 2 unspecified atom stereocenters. The molecule has 0 saturated carbocycles. The van der Waals surface area contributed by atoms with Crippen molar-refractivity contribution >= 4 is 29.1 Å². The van der Waals surface area contributed by atoms with Gasteiger partial charge in [-0.15, -0.1) is 11.3 Å². The molecule has 46 heavy (non-hydrogen) atoms. The number of carboxylic acid groups (broad SMARTS) is 1. The maximum absolute atomic E-state index is 14.5. The van der Waals surface area contributed by atoms with Crippen LogP contribution < -0.4 is 15.4 Å². The number of hydrogen-bond acceptors (Lipinski definition) is 7. The predicted octanol–water partition coefficient (Wildman–Crippen LogP) is 6.42. The van der Waals surface area contributed by atoms with Crippen molar-refractivity contribution in [2.45, 2.75) is 71.4 Å². The number of nitrogens with zero attached hydrogens (tertiary/aromatic N) is 2. The molecule has 4 aromatic rings. The SMILES string of the molecule is CCCCOc1ccc(-c2cnc(-c3ccc(CC(NC(=O)c4ccc(C(C)(C)C)s4)C(=O)NC(C)C(=O)O)cc3)nc2)cc1F. The van der Waals surface area contributed by atoms with E-state index < -0.39 is 35.7 Å². The first-order chi connectivity index (χ1) is 21.8. The van der Waals surface area contributed by atoms with E-state index in [1.807, 2.05) is 13.0 Å². The molecule has 0 fully saturated rings. The zero-order chi connectivity index (χ0) is 33.4. The third kappa shape index (κ3) is 8.97. The Morgan fingerprint density at radius 1 is 0.957 bits per heavy atom. The highest BCUT2D eigenvalue weighted by molar-refractivity contribution is 7.14. The number of thiophene rings is 1. The smallest absolute Gasteiger partial charge is 0.325 e. The van der Waals surface area contributed by atoms with Gasteiger partial charge in [-0.2, -0.15) is 0 Å². The van der Waals surface area contributed by atoms with E-state index in [4.69, 9.17) is 4.74 Å². The molecule has 242 valence electrons. The number of hydrogen-bond donors (Lipinski definition) is 3. The van der Waals surface area contributed by atoms with Gasteiger partial charge in [-0.25, -0.2) is 14.4 Å². The number of ether oxygens (including phenoxy) is 1. The number of carbonyl (C=O) groups excluding carboxylic acids is 2. The maximum Gasteiger partial charge on any atom is 0.325 e. The van der Waals surface area contributed by atoms with Gasteiger partial charge in [0.1, 0.15) is 12.1 Å². The highest BCUT2D eigenvalue weighted by atomic mass is 32.1. The lowest BCUT2D eigenvalue weighted by atomic mass is 9.95. The molecule has 0 aliphatic rings. The highest BCUT2D eigenvalue weighted by Crippen LogP contribution is 2.30. The Hall–Kier alpha value is -4.64. The van der Waals surface area contributed by atoms with Gasteiger partial charge in [-0.3, -0.25) is 14.4 Å². The molecular formula is C35H39FN4O5S. The minimum Gasteiger partial charge on any atom is -0.491 e. The Kier molecular flexibility index (Phi) is 11.2. The third-order valence-electron chi connectivity index (χ3n) is 7.24. The molecule has 11 heteroatoms. The molecule has 2 aromatic heterocycles. The van der Waals surface area contributed by atoms with Crippen LogP contribution in [0, 0.1) is 5.82 Å². The standard InChI is InChI=1S/C35H39FN4O5S/c1-6-7-16-45-28-13-12-24(18-26(28)36)25-19-37-31(38-20-25)23-10-8-22(9-11-23)17-27(32(41)39-21(2)34(43)44)40-33(42)29-14-15-30(46-29)35(3,4)5/h8-15,18-21,27H,6-7,16-17H2,1-5H3,(H,39,41)(H,40,42)(H,43,44). The van der Waals surface area contributed by atoms with Gasteiger partial charge >= 0.3 is 5.97 Å². The van der Waals surface area contributed by atoms with E-state index in [1.165, 1.54) is 24.3 Å². The van der Waals surface area contributed by atoms with Crippen LogP contribution in [0.15, 0.2) is 67.0 Å². The van der Waals surface area contributed by atoms with Crippen LogP contribution in [-0.2, 0) is 21.4 Å². The molecule has 0 saturated heterocycles. The average Bonchev–Trinajstić information content (AvgIpc) is 3.54. The number of aromatic nitrogens is 2. The summed E-state index contributed by atoms with van der Waals surface area (Å²) in [7, 11) is 0. The molecule has 0 aliphatic heterocycles. The Morgan fingerprint density at radius 2 is 1.63 bits per heavy atom. The van der Waals surface area contributed by atoms with Crippen molar-refractivity contribution < 1.29 is 28.6 Å². The quantitative estimate of drug-likeness (QED) is 0.143. The summed E-state index contributed by atoms with van der Waals surface area (Å²) in [4.78, 5) is 48.0. The summed E-state index contributed by atoms with van der Waals surface area (Å²) < 4.78 is 20.0. The lowest BCUT2D eigenvalue weighted by Gasteiger charge is -2.20. The Bertz CT molecular complexity index is 1670. The van der Waals surface area contributed by atoms with Crippen molar-refractivity contribution in [3.8, 4) is 28.3 Å². The van der Waals surface area contributed by atoms with Crippen molar-refractivity contribution in [2.75, 3.05) is 6.61 Å². The van der Waals surface area contributed by atoms with Crippen LogP contribution in [-0.4, -0.2) is 51.5 Å². The van der Waals surface area contributed by atoms with E-state index in [9.17, 15) is 23.9 Å². The van der Waals surface area contributed by atoms with Crippen molar-refractivity contribution in [3.05, 3.63) is 88.1 Å². The van der Waals surface area contributed by atoms with Gasteiger partial charge in [0.15, 0.2) is 17.4 Å². The molecule has 4 rings (SSSR count). The highest BCUT2D eigenvalue weighted by Gasteiger charge is 2.26. The van der Waals surface area contributed by atoms with E-state index >= 15 is 0 Å². The Morgan fingerprint density at radius 3 is 2.22 bits per heavy atom. The van der Waals surface area contributed by atoms with Crippen LogP contribution >= 0.6 is 11.3 Å². The van der Waals surface area contributed by atoms with Crippen LogP contribution in [0.25, 0.3) is 22.5 Å². The fourth-order valence-electron chi connectivity index (χ4n) is 4.45. The Balaban J connectivity index is 1.47. The second-order valence-corrected chi connectivity index (χ2v) is 13.1. The summed E-state index contributed by atoms with van der Waals surface area (Å²) in [6.45, 7) is 10.0. The van der Waals surface area contributed by atoms with Gasteiger partial charge in [0, 0.05) is 34.8 Å². The summed E-state index contributed by atoms with van der Waals surface area (Å²) in [6, 6.07) is 13.5. The summed E-state index contributed by atoms with van der Waals surface area (Å²) >= 11 is 1.35. The lowest BCUT2D eigenvalue weighted by molar-refractivity contribution is -0.141. The largest absolute Gasteiger partial charge is 0.491 e. The summed E-state index contributed by atoms with van der Waals surface area (Å²) in [5.74, 6) is -1.96. The van der Waals surface area contributed by atoms with Crippen molar-refractivity contribution in [2.24, 2.45) is 0 Å². The van der Waals surface area contributed by atoms with E-state index in [-0.39, 0.29) is 17.6 Å². The number of carboxylic acids is 1. The first-order valence-electron chi connectivity index (χ1n) is 15.1. The zero-order valence-electron chi connectivity index (χ0n) is 26.6. The van der Waals surface area contributed by atoms with Gasteiger partial charge in [-0.05, 0) is 54.2 Å². The average molecular weight is 647 g/mol. The number of unbranched alkanes of at least 4 members (excludes halogenated alkanes) is 1. The number of amides is 2. The minimum atomic E-state index is -1.18. The number of aliphatic carboxylic acids is 1. The molecule has 2 atom stereocenters. The van der Waals surface area contributed by atoms with Crippen LogP contribution in [0.2, 0.25) is 0 Å². The zero-order valence-corrected chi connectivity index (χ0v) is 27.4. The van der Waals surface area contributed by atoms with Crippen molar-refractivity contribution in [1.29, 1.82) is 0 Å². The van der Waals surface area contributed by atoms with Crippen molar-refractivity contribution in [3.63, 3.8) is 0 Å². The van der Waals surface area contributed by atoms with E-state index in [0.717, 1.165) is 28.8 Å². The molecule has 0 radical (unpaired) electrons. The minimum absolute atomic E-state index is 0.130. The second-order valence-electron chi connectivity index (χ2n) is 12.1. The van der Waals surface area contributed by atoms with E-state index in [1.54, 1.807) is 54.9 Å². The molecule has 0 spiro atoms. The maximum atomic E-state index is 14.5. The molecular weight excluding hydrogens is 607 g/mol. The summed E-state index contributed by atoms with van der Waals surface area (Å²) in [6.07, 6.45) is 5.19. The van der Waals surface area contributed by atoms with Crippen LogP contribution in [0.4, 0.5) is 4.39 Å². The van der Waals surface area contributed by atoms with E-state index in [2.05, 4.69) is 41.4 Å². The number of benzene rings is 2. The van der Waals surface area contributed by atoms with Gasteiger partial charge in [-0.1, -0.05) is 64.4 Å². The first kappa shape index (κ1) is 34.2. The fourth-order valence-corrected chi connectivity index (χ4v) is 5.42. The van der Waals surface area contributed by atoms with Gasteiger partial charge in [0.05, 0.1) is 11.5 Å². The van der Waals surface area contributed by atoms with Crippen LogP contribution in [0.3, 0.4) is 0 Å². The summed E-state index contributed by atoms with van der Waals surface area (Å²) in [5, 5.41) is 14.5. The number of rotatable bonds is 13. The molecule has 2 amide bonds. The molecule has 0 aliphatic carbocycles. The molecule has 2 aromatic carbocycles. The molecule has 2 heterocycles. The fraction of sp³-hybridized carbons (Fsp3) is 0.343. The van der Waals surface area contributed by atoms with Crippen molar-refractivity contribution in [1.82, 2.24) is 20.6 Å². The topological polar surface area (TPSA) is 131 Å². The molecule has 9 nitrogen and oxygen atoms in total. The normalized spacial score (nSPS) is 12.7. The van der Waals surface area contributed by atoms with Crippen LogP contribution in [0.1, 0.15) is 67.6 Å². The number of nitrogens with one attached hydrogen (secondary N) is 2. The van der Waals surface area contributed by atoms with Gasteiger partial charge in [0.25, 0.3) is 5.91 Å². The van der Waals surface area contributed by atoms with E-state index in [0.29, 0.717) is 28.4 Å². The van der Waals surface area contributed by atoms with Gasteiger partial charge < -0.3 is 20.5 Å². The molecule has 0 bridgehead atoms. The lowest BCUT2D eigenvalue weighted by Crippen LogP contribution is -2.51. The van der Waals surface area contributed by atoms with Crippen LogP contribution in [0.5, 0.6) is 5.75 Å². The first-order valence-corrected chi connectivity index (χ1v) is 16.0. The second kappa shape index (κ2) is 15.1. The predicted molar refractivity (Wildman–Crippen MR) is 176 cm³/mol. The van der Waals surface area contributed by atoms with Gasteiger partial charge in [0.2, 0.25) is 5.91 Å². The monoisotopic (exact) mass is 646 g/mol.